The topological polar surface area (TPSA) is 9.23 Å². The van der Waals surface area contributed by atoms with Crippen LogP contribution in [0.5, 0.6) is 0 Å². The predicted molar refractivity (Wildman–Crippen MR) is 99.6 cm³/mol. The predicted octanol–water partition coefficient (Wildman–Crippen LogP) is 7.32. The smallest absolute Gasteiger partial charge is 0.187 e. The Bertz CT molecular complexity index is 216. The van der Waals surface area contributed by atoms with Crippen LogP contribution >= 0.6 is 0 Å². The van der Waals surface area contributed by atoms with E-state index in [9.17, 15) is 0 Å². The third kappa shape index (κ3) is 14.9. The van der Waals surface area contributed by atoms with Gasteiger partial charge in [-0.2, -0.15) is 0 Å². The zero-order chi connectivity index (χ0) is 16.0. The van der Waals surface area contributed by atoms with E-state index in [2.05, 4.69) is 33.9 Å². The van der Waals surface area contributed by atoms with E-state index in [0.717, 1.165) is 0 Å². The van der Waals surface area contributed by atoms with Gasteiger partial charge >= 0.3 is 0 Å². The van der Waals surface area contributed by atoms with Crippen molar-refractivity contribution >= 4 is 8.32 Å². The summed E-state index contributed by atoms with van der Waals surface area (Å²) >= 11 is 0. The molecule has 21 heavy (non-hydrogen) atoms. The average molecular weight is 315 g/mol. The number of unbranched alkanes of at least 4 members (excludes halogenated alkanes) is 9. The second-order valence-electron chi connectivity index (χ2n) is 7.41. The number of hydrogen-bond acceptors (Lipinski definition) is 1. The monoisotopic (exact) mass is 314 g/mol. The maximum absolute atomic E-state index is 6.35. The summed E-state index contributed by atoms with van der Waals surface area (Å²) in [7, 11) is -1.38. The summed E-state index contributed by atoms with van der Waals surface area (Å²) in [5, 5.41) is 0. The first kappa shape index (κ1) is 21.2. The SMILES string of the molecule is CCCCCCCCCCCC(C)O[Si](C)(C)CCCC. The van der Waals surface area contributed by atoms with Gasteiger partial charge in [0, 0.05) is 6.10 Å². The molecule has 0 amide bonds. The lowest BCUT2D eigenvalue weighted by atomic mass is 10.1. The van der Waals surface area contributed by atoms with Crippen LogP contribution in [0.15, 0.2) is 0 Å². The van der Waals surface area contributed by atoms with Crippen molar-refractivity contribution < 1.29 is 4.43 Å². The highest BCUT2D eigenvalue weighted by Crippen LogP contribution is 2.20. The van der Waals surface area contributed by atoms with Crippen LogP contribution in [-0.4, -0.2) is 14.4 Å². The van der Waals surface area contributed by atoms with Gasteiger partial charge in [-0.15, -0.1) is 0 Å². The molecule has 0 aliphatic heterocycles. The minimum absolute atomic E-state index is 0.480. The summed E-state index contributed by atoms with van der Waals surface area (Å²) in [6, 6.07) is 1.32. The van der Waals surface area contributed by atoms with Crippen LogP contribution in [0.25, 0.3) is 0 Å². The highest BCUT2D eigenvalue weighted by atomic mass is 28.4. The molecule has 0 fully saturated rings. The van der Waals surface area contributed by atoms with Gasteiger partial charge in [-0.05, 0) is 32.5 Å². The van der Waals surface area contributed by atoms with Crippen molar-refractivity contribution in [2.24, 2.45) is 0 Å². The molecular weight excluding hydrogens is 272 g/mol. The lowest BCUT2D eigenvalue weighted by molar-refractivity contribution is 0.195. The second kappa shape index (κ2) is 13.8. The third-order valence-electron chi connectivity index (χ3n) is 4.37. The number of hydrogen-bond donors (Lipinski definition) is 0. The minimum Gasteiger partial charge on any atom is -0.415 e. The zero-order valence-corrected chi connectivity index (χ0v) is 16.7. The lowest BCUT2D eigenvalue weighted by Crippen LogP contribution is -2.34. The molecule has 1 nitrogen and oxygen atoms in total. The van der Waals surface area contributed by atoms with Gasteiger partial charge in [0.15, 0.2) is 8.32 Å². The molecule has 0 aromatic rings. The van der Waals surface area contributed by atoms with Crippen molar-refractivity contribution in [3.63, 3.8) is 0 Å². The highest BCUT2D eigenvalue weighted by molar-refractivity contribution is 6.71. The quantitative estimate of drug-likeness (QED) is 0.227. The van der Waals surface area contributed by atoms with Gasteiger partial charge in [0.25, 0.3) is 0 Å². The van der Waals surface area contributed by atoms with Crippen LogP contribution in [0.4, 0.5) is 0 Å². The van der Waals surface area contributed by atoms with Crippen LogP contribution < -0.4 is 0 Å². The molecule has 0 N–H and O–H groups in total. The van der Waals surface area contributed by atoms with Crippen molar-refractivity contribution in [3.8, 4) is 0 Å². The minimum atomic E-state index is -1.38. The molecule has 1 unspecified atom stereocenters. The molecule has 1 atom stereocenters. The normalized spacial score (nSPS) is 13.6. The Kier molecular flexibility index (Phi) is 13.9. The van der Waals surface area contributed by atoms with E-state index in [-0.39, 0.29) is 0 Å². The second-order valence-corrected chi connectivity index (χ2v) is 11.7. The van der Waals surface area contributed by atoms with Crippen molar-refractivity contribution in [3.05, 3.63) is 0 Å². The molecule has 0 saturated heterocycles. The molecular formula is C19H42OSi. The summed E-state index contributed by atoms with van der Waals surface area (Å²) in [4.78, 5) is 0. The molecule has 0 aliphatic carbocycles. The molecule has 0 aromatic heterocycles. The summed E-state index contributed by atoms with van der Waals surface area (Å²) in [6.07, 6.45) is 17.1. The van der Waals surface area contributed by atoms with Crippen LogP contribution in [-0.2, 0) is 4.43 Å². The molecule has 128 valence electrons. The van der Waals surface area contributed by atoms with Gasteiger partial charge in [-0.1, -0.05) is 84.5 Å². The Morgan fingerprint density at radius 1 is 0.714 bits per heavy atom. The Hall–Kier alpha value is 0.177. The van der Waals surface area contributed by atoms with Crippen LogP contribution in [0.2, 0.25) is 19.1 Å². The average Bonchev–Trinajstić information content (AvgIpc) is 2.43. The molecule has 0 heterocycles. The van der Waals surface area contributed by atoms with E-state index < -0.39 is 8.32 Å². The molecule has 0 saturated carbocycles. The maximum atomic E-state index is 6.35. The Morgan fingerprint density at radius 2 is 1.19 bits per heavy atom. The van der Waals surface area contributed by atoms with Gasteiger partial charge in [-0.25, -0.2) is 0 Å². The fourth-order valence-electron chi connectivity index (χ4n) is 3.01. The fourth-order valence-corrected chi connectivity index (χ4v) is 5.54. The van der Waals surface area contributed by atoms with Crippen molar-refractivity contribution in [2.45, 2.75) is 123 Å². The van der Waals surface area contributed by atoms with E-state index in [1.54, 1.807) is 0 Å². The first-order valence-corrected chi connectivity index (χ1v) is 12.8. The highest BCUT2D eigenvalue weighted by Gasteiger charge is 2.23. The Morgan fingerprint density at radius 3 is 1.71 bits per heavy atom. The molecule has 0 rings (SSSR count). The van der Waals surface area contributed by atoms with Crippen LogP contribution in [0.1, 0.15) is 97.8 Å². The standard InChI is InChI=1S/C19H42OSi/c1-6-8-10-11-12-13-14-15-16-17-19(3)20-21(4,5)18-9-7-2/h19H,6-18H2,1-5H3. The van der Waals surface area contributed by atoms with E-state index >= 15 is 0 Å². The summed E-state index contributed by atoms with van der Waals surface area (Å²) in [6.45, 7) is 11.6. The van der Waals surface area contributed by atoms with Gasteiger partial charge < -0.3 is 4.43 Å². The Balaban J connectivity index is 3.42. The molecule has 2 heteroatoms. The van der Waals surface area contributed by atoms with Gasteiger partial charge in [0.1, 0.15) is 0 Å². The van der Waals surface area contributed by atoms with Gasteiger partial charge in [0.05, 0.1) is 0 Å². The molecule has 0 aliphatic rings. The lowest BCUT2D eigenvalue weighted by Gasteiger charge is -2.27. The molecule has 0 aromatic carbocycles. The molecule has 0 bridgehead atoms. The van der Waals surface area contributed by atoms with Crippen LogP contribution in [0.3, 0.4) is 0 Å². The summed E-state index contributed by atoms with van der Waals surface area (Å²) in [5.41, 5.74) is 0. The number of rotatable bonds is 15. The van der Waals surface area contributed by atoms with E-state index in [4.69, 9.17) is 4.43 Å². The fraction of sp³-hybridized carbons (Fsp3) is 1.00. The molecule has 0 radical (unpaired) electrons. The van der Waals surface area contributed by atoms with Crippen molar-refractivity contribution in [2.75, 3.05) is 0 Å². The van der Waals surface area contributed by atoms with Gasteiger partial charge in [0.2, 0.25) is 0 Å². The molecule has 0 spiro atoms. The summed E-state index contributed by atoms with van der Waals surface area (Å²) in [5.74, 6) is 0. The van der Waals surface area contributed by atoms with Crippen molar-refractivity contribution in [1.29, 1.82) is 0 Å². The third-order valence-corrected chi connectivity index (χ3v) is 6.96. The summed E-state index contributed by atoms with van der Waals surface area (Å²) < 4.78 is 6.35. The first-order valence-electron chi connectivity index (χ1n) is 9.69. The van der Waals surface area contributed by atoms with Crippen molar-refractivity contribution in [1.82, 2.24) is 0 Å². The zero-order valence-electron chi connectivity index (χ0n) is 15.7. The van der Waals surface area contributed by atoms with Crippen LogP contribution in [0, 0.1) is 0 Å². The first-order chi connectivity index (χ1) is 10.0. The Labute approximate surface area is 136 Å². The van der Waals surface area contributed by atoms with Gasteiger partial charge in [-0.3, -0.25) is 0 Å². The maximum Gasteiger partial charge on any atom is 0.187 e. The van der Waals surface area contributed by atoms with E-state index in [1.165, 1.54) is 83.1 Å². The van der Waals surface area contributed by atoms with E-state index in [1.807, 2.05) is 0 Å². The van der Waals surface area contributed by atoms with E-state index in [0.29, 0.717) is 6.10 Å². The largest absolute Gasteiger partial charge is 0.415 e.